The molecule has 0 saturated carbocycles. The molecule has 0 radical (unpaired) electrons. The lowest BCUT2D eigenvalue weighted by Crippen LogP contribution is -2.62. The SMILES string of the molecule is CC1(C)CC(NC(=O)c2cccc(CCl)c2)CC(C)(C)N1. The van der Waals surface area contributed by atoms with Crippen LogP contribution in [0.4, 0.5) is 0 Å². The van der Waals surface area contributed by atoms with E-state index in [1.54, 1.807) is 0 Å². The third-order valence-electron chi connectivity index (χ3n) is 3.87. The zero-order chi connectivity index (χ0) is 15.7. The second-order valence-electron chi connectivity index (χ2n) is 7.31. The lowest BCUT2D eigenvalue weighted by Gasteiger charge is -2.46. The van der Waals surface area contributed by atoms with Gasteiger partial charge in [0.15, 0.2) is 0 Å². The van der Waals surface area contributed by atoms with Crippen LogP contribution in [-0.4, -0.2) is 23.0 Å². The van der Waals surface area contributed by atoms with E-state index in [-0.39, 0.29) is 23.0 Å². The average molecular weight is 309 g/mol. The van der Waals surface area contributed by atoms with Crippen molar-refractivity contribution in [3.8, 4) is 0 Å². The van der Waals surface area contributed by atoms with Gasteiger partial charge >= 0.3 is 0 Å². The molecule has 1 heterocycles. The lowest BCUT2D eigenvalue weighted by atomic mass is 9.79. The number of amides is 1. The number of alkyl halides is 1. The molecule has 4 heteroatoms. The van der Waals surface area contributed by atoms with Gasteiger partial charge < -0.3 is 10.6 Å². The Morgan fingerprint density at radius 1 is 1.29 bits per heavy atom. The maximum absolute atomic E-state index is 12.4. The van der Waals surface area contributed by atoms with Crippen LogP contribution in [0.2, 0.25) is 0 Å². The monoisotopic (exact) mass is 308 g/mol. The van der Waals surface area contributed by atoms with Crippen LogP contribution >= 0.6 is 11.6 Å². The molecule has 0 atom stereocenters. The van der Waals surface area contributed by atoms with Gasteiger partial charge in [-0.15, -0.1) is 11.6 Å². The number of hydrogen-bond acceptors (Lipinski definition) is 2. The Bertz CT molecular complexity index is 509. The van der Waals surface area contributed by atoms with Gasteiger partial charge in [-0.2, -0.15) is 0 Å². The summed E-state index contributed by atoms with van der Waals surface area (Å²) in [6.45, 7) is 8.73. The molecule has 2 rings (SSSR count). The maximum Gasteiger partial charge on any atom is 0.251 e. The zero-order valence-corrected chi connectivity index (χ0v) is 14.1. The summed E-state index contributed by atoms with van der Waals surface area (Å²) in [5, 5.41) is 6.80. The minimum absolute atomic E-state index is 0.0135. The molecule has 1 aliphatic rings. The fourth-order valence-electron chi connectivity index (χ4n) is 3.49. The standard InChI is InChI=1S/C17H25ClN2O/c1-16(2)9-14(10-17(3,4)20-16)19-15(21)13-7-5-6-12(8-13)11-18/h5-8,14,20H,9-11H2,1-4H3,(H,19,21). The van der Waals surface area contributed by atoms with Gasteiger partial charge in [0, 0.05) is 28.6 Å². The highest BCUT2D eigenvalue weighted by Gasteiger charge is 2.38. The number of piperidine rings is 1. The van der Waals surface area contributed by atoms with Crippen molar-refractivity contribution in [2.45, 2.75) is 63.5 Å². The topological polar surface area (TPSA) is 41.1 Å². The number of carbonyl (C=O) groups excluding carboxylic acids is 1. The zero-order valence-electron chi connectivity index (χ0n) is 13.3. The molecule has 1 aliphatic heterocycles. The third kappa shape index (κ3) is 4.45. The van der Waals surface area contributed by atoms with E-state index in [1.807, 2.05) is 24.3 Å². The fourth-order valence-corrected chi connectivity index (χ4v) is 3.66. The van der Waals surface area contributed by atoms with Crippen molar-refractivity contribution < 1.29 is 4.79 Å². The normalized spacial score (nSPS) is 21.0. The molecule has 1 aromatic carbocycles. The molecule has 1 aromatic rings. The molecule has 0 bridgehead atoms. The molecule has 2 N–H and O–H groups in total. The smallest absolute Gasteiger partial charge is 0.251 e. The molecule has 1 fully saturated rings. The summed E-state index contributed by atoms with van der Waals surface area (Å²) in [4.78, 5) is 12.4. The first-order valence-corrected chi connectivity index (χ1v) is 7.99. The summed E-state index contributed by atoms with van der Waals surface area (Å²) in [6.07, 6.45) is 1.86. The molecule has 0 aliphatic carbocycles. The van der Waals surface area contributed by atoms with Gasteiger partial charge in [0.25, 0.3) is 5.91 Å². The quantitative estimate of drug-likeness (QED) is 0.840. The van der Waals surface area contributed by atoms with Gasteiger partial charge in [-0.05, 0) is 58.2 Å². The van der Waals surface area contributed by atoms with E-state index in [9.17, 15) is 4.79 Å². The predicted octanol–water partition coefficient (Wildman–Crippen LogP) is 3.46. The van der Waals surface area contributed by atoms with Crippen LogP contribution in [0.5, 0.6) is 0 Å². The van der Waals surface area contributed by atoms with Crippen LogP contribution in [0, 0.1) is 0 Å². The second-order valence-corrected chi connectivity index (χ2v) is 7.57. The average Bonchev–Trinajstić information content (AvgIpc) is 2.35. The summed E-state index contributed by atoms with van der Waals surface area (Å²) in [7, 11) is 0. The van der Waals surface area contributed by atoms with E-state index in [0.717, 1.165) is 18.4 Å². The van der Waals surface area contributed by atoms with Crippen LogP contribution in [0.1, 0.15) is 56.5 Å². The molecule has 21 heavy (non-hydrogen) atoms. The van der Waals surface area contributed by atoms with Gasteiger partial charge in [-0.25, -0.2) is 0 Å². The van der Waals surface area contributed by atoms with Crippen LogP contribution in [-0.2, 0) is 5.88 Å². The summed E-state index contributed by atoms with van der Waals surface area (Å²) < 4.78 is 0. The Labute approximate surface area is 132 Å². The number of benzene rings is 1. The minimum Gasteiger partial charge on any atom is -0.349 e. The summed E-state index contributed by atoms with van der Waals surface area (Å²) in [5.41, 5.74) is 1.70. The number of nitrogens with one attached hydrogen (secondary N) is 2. The summed E-state index contributed by atoms with van der Waals surface area (Å²) in [5.74, 6) is 0.412. The Balaban J connectivity index is 2.08. The summed E-state index contributed by atoms with van der Waals surface area (Å²) in [6, 6.07) is 7.69. The Hall–Kier alpha value is -1.06. The molecule has 3 nitrogen and oxygen atoms in total. The van der Waals surface area contributed by atoms with E-state index >= 15 is 0 Å². The van der Waals surface area contributed by atoms with Crippen molar-refractivity contribution in [3.05, 3.63) is 35.4 Å². The number of carbonyl (C=O) groups is 1. The largest absolute Gasteiger partial charge is 0.349 e. The van der Waals surface area contributed by atoms with E-state index in [2.05, 4.69) is 38.3 Å². The molecule has 116 valence electrons. The molecular weight excluding hydrogens is 284 g/mol. The third-order valence-corrected chi connectivity index (χ3v) is 4.18. The molecule has 1 saturated heterocycles. The minimum atomic E-state index is -0.0135. The van der Waals surface area contributed by atoms with Crippen LogP contribution in [0.25, 0.3) is 0 Å². The molecule has 0 spiro atoms. The summed E-state index contributed by atoms with van der Waals surface area (Å²) >= 11 is 5.83. The van der Waals surface area contributed by atoms with Crippen molar-refractivity contribution >= 4 is 17.5 Å². The van der Waals surface area contributed by atoms with Crippen molar-refractivity contribution in [2.24, 2.45) is 0 Å². The fraction of sp³-hybridized carbons (Fsp3) is 0.588. The Kier molecular flexibility index (Phi) is 4.64. The van der Waals surface area contributed by atoms with Gasteiger partial charge in [0.1, 0.15) is 0 Å². The number of rotatable bonds is 3. The Morgan fingerprint density at radius 3 is 2.48 bits per heavy atom. The van der Waals surface area contributed by atoms with Gasteiger partial charge in [0.05, 0.1) is 0 Å². The van der Waals surface area contributed by atoms with E-state index in [1.165, 1.54) is 0 Å². The highest BCUT2D eigenvalue weighted by atomic mass is 35.5. The van der Waals surface area contributed by atoms with Crippen molar-refractivity contribution in [1.29, 1.82) is 0 Å². The predicted molar refractivity (Wildman–Crippen MR) is 87.8 cm³/mol. The molecular formula is C17H25ClN2O. The van der Waals surface area contributed by atoms with Crippen LogP contribution < -0.4 is 10.6 Å². The highest BCUT2D eigenvalue weighted by Crippen LogP contribution is 2.28. The highest BCUT2D eigenvalue weighted by molar-refractivity contribution is 6.17. The van der Waals surface area contributed by atoms with Crippen molar-refractivity contribution in [1.82, 2.24) is 10.6 Å². The lowest BCUT2D eigenvalue weighted by molar-refractivity contribution is 0.0873. The van der Waals surface area contributed by atoms with E-state index < -0.39 is 0 Å². The first-order chi connectivity index (χ1) is 9.71. The second kappa shape index (κ2) is 5.98. The van der Waals surface area contributed by atoms with Gasteiger partial charge in [-0.1, -0.05) is 12.1 Å². The molecule has 0 unspecified atom stereocenters. The van der Waals surface area contributed by atoms with Gasteiger partial charge in [-0.3, -0.25) is 4.79 Å². The maximum atomic E-state index is 12.4. The van der Waals surface area contributed by atoms with Crippen molar-refractivity contribution in [2.75, 3.05) is 0 Å². The van der Waals surface area contributed by atoms with Crippen LogP contribution in [0.3, 0.4) is 0 Å². The molecule has 1 amide bonds. The van der Waals surface area contributed by atoms with E-state index in [0.29, 0.717) is 11.4 Å². The first kappa shape index (κ1) is 16.3. The first-order valence-electron chi connectivity index (χ1n) is 7.46. The Morgan fingerprint density at radius 2 is 1.90 bits per heavy atom. The molecule has 0 aromatic heterocycles. The van der Waals surface area contributed by atoms with Crippen molar-refractivity contribution in [3.63, 3.8) is 0 Å². The van der Waals surface area contributed by atoms with Gasteiger partial charge in [0.2, 0.25) is 0 Å². The number of hydrogen-bond donors (Lipinski definition) is 2. The number of halogens is 1. The van der Waals surface area contributed by atoms with Crippen LogP contribution in [0.15, 0.2) is 24.3 Å². The van der Waals surface area contributed by atoms with E-state index in [4.69, 9.17) is 11.6 Å².